The Bertz CT molecular complexity index is 1270. The minimum Gasteiger partial charge on any atom is -0.267 e. The molecule has 1 N–H and O–H groups in total. The average molecular weight is 434 g/mol. The first-order valence-corrected chi connectivity index (χ1v) is 10.0. The minimum atomic E-state index is -0.330. The van der Waals surface area contributed by atoms with Gasteiger partial charge in [0, 0.05) is 21.5 Å². The summed E-state index contributed by atoms with van der Waals surface area (Å²) in [6.07, 6.45) is 1.49. The number of carbonyl (C=O) groups is 1. The second kappa shape index (κ2) is 8.66. The van der Waals surface area contributed by atoms with E-state index in [0.29, 0.717) is 21.2 Å². The van der Waals surface area contributed by atoms with Crippen molar-refractivity contribution in [2.45, 2.75) is 6.92 Å². The van der Waals surface area contributed by atoms with Gasteiger partial charge in [0.2, 0.25) is 0 Å². The van der Waals surface area contributed by atoms with Crippen LogP contribution in [0.2, 0.25) is 10.0 Å². The summed E-state index contributed by atoms with van der Waals surface area (Å²) >= 11 is 12.0. The third-order valence-electron chi connectivity index (χ3n) is 4.64. The number of aryl methyl sites for hydroxylation is 1. The summed E-state index contributed by atoms with van der Waals surface area (Å²) in [6.45, 7) is 2.03. The normalized spacial score (nSPS) is 11.2. The van der Waals surface area contributed by atoms with Gasteiger partial charge in [-0.25, -0.2) is 10.4 Å². The number of pyridine rings is 1. The van der Waals surface area contributed by atoms with E-state index in [0.717, 1.165) is 27.7 Å². The van der Waals surface area contributed by atoms with Gasteiger partial charge in [0.1, 0.15) is 0 Å². The van der Waals surface area contributed by atoms with Gasteiger partial charge in [-0.1, -0.05) is 77.3 Å². The van der Waals surface area contributed by atoms with Crippen LogP contribution in [0.3, 0.4) is 0 Å². The van der Waals surface area contributed by atoms with Gasteiger partial charge < -0.3 is 0 Å². The molecule has 0 bridgehead atoms. The second-order valence-electron chi connectivity index (χ2n) is 6.80. The lowest BCUT2D eigenvalue weighted by molar-refractivity contribution is 0.0956. The van der Waals surface area contributed by atoms with Crippen molar-refractivity contribution in [2.75, 3.05) is 0 Å². The molecule has 0 fully saturated rings. The quantitative estimate of drug-likeness (QED) is 0.304. The Labute approximate surface area is 184 Å². The molecule has 0 aliphatic heterocycles. The van der Waals surface area contributed by atoms with Gasteiger partial charge in [0.05, 0.1) is 28.0 Å². The van der Waals surface area contributed by atoms with Crippen LogP contribution >= 0.6 is 23.2 Å². The van der Waals surface area contributed by atoms with Crippen LogP contribution in [-0.2, 0) is 0 Å². The second-order valence-corrected chi connectivity index (χ2v) is 7.65. The van der Waals surface area contributed by atoms with E-state index in [1.54, 1.807) is 24.3 Å². The highest BCUT2D eigenvalue weighted by atomic mass is 35.5. The van der Waals surface area contributed by atoms with Crippen molar-refractivity contribution in [3.63, 3.8) is 0 Å². The molecule has 0 saturated carbocycles. The van der Waals surface area contributed by atoms with Crippen LogP contribution < -0.4 is 5.43 Å². The first-order chi connectivity index (χ1) is 14.5. The molecule has 4 nitrogen and oxygen atoms in total. The zero-order chi connectivity index (χ0) is 21.1. The van der Waals surface area contributed by atoms with Gasteiger partial charge in [0.15, 0.2) is 0 Å². The maximum absolute atomic E-state index is 12.9. The van der Waals surface area contributed by atoms with Crippen molar-refractivity contribution in [3.05, 3.63) is 99.5 Å². The summed E-state index contributed by atoms with van der Waals surface area (Å²) in [6, 6.07) is 22.4. The molecule has 1 heterocycles. The number of amides is 1. The highest BCUT2D eigenvalue weighted by Crippen LogP contribution is 2.25. The SMILES string of the molecule is Cc1ccc(-c2cc(C(=O)N/N=C\c3ccc(Cl)cc3Cl)c3ccccc3n2)cc1. The number of nitrogens with one attached hydrogen (secondary N) is 1. The minimum absolute atomic E-state index is 0.330. The Morgan fingerprint density at radius 1 is 1.00 bits per heavy atom. The molecular weight excluding hydrogens is 417 g/mol. The molecule has 0 spiro atoms. The van der Waals surface area contributed by atoms with Crippen LogP contribution in [0.5, 0.6) is 0 Å². The largest absolute Gasteiger partial charge is 0.272 e. The smallest absolute Gasteiger partial charge is 0.267 e. The number of hydrazone groups is 1. The topological polar surface area (TPSA) is 54.4 Å². The highest BCUT2D eigenvalue weighted by Gasteiger charge is 2.13. The first kappa shape index (κ1) is 20.1. The molecule has 0 aliphatic carbocycles. The van der Waals surface area contributed by atoms with Gasteiger partial charge in [0.25, 0.3) is 5.91 Å². The van der Waals surface area contributed by atoms with E-state index in [-0.39, 0.29) is 5.91 Å². The summed E-state index contributed by atoms with van der Waals surface area (Å²) < 4.78 is 0. The maximum atomic E-state index is 12.9. The van der Waals surface area contributed by atoms with Crippen molar-refractivity contribution in [3.8, 4) is 11.3 Å². The zero-order valence-electron chi connectivity index (χ0n) is 16.1. The van der Waals surface area contributed by atoms with Crippen molar-refractivity contribution in [1.29, 1.82) is 0 Å². The molecule has 1 aromatic heterocycles. The molecule has 0 radical (unpaired) electrons. The Hall–Kier alpha value is -3.21. The number of halogens is 2. The van der Waals surface area contributed by atoms with Crippen LogP contribution in [0.15, 0.2) is 77.9 Å². The molecule has 0 unspecified atom stereocenters. The van der Waals surface area contributed by atoms with Gasteiger partial charge in [-0.2, -0.15) is 5.10 Å². The van der Waals surface area contributed by atoms with E-state index in [4.69, 9.17) is 28.2 Å². The molecule has 0 aliphatic rings. The maximum Gasteiger partial charge on any atom is 0.272 e. The molecule has 4 aromatic rings. The highest BCUT2D eigenvalue weighted by molar-refractivity contribution is 6.36. The van der Waals surface area contributed by atoms with Crippen molar-refractivity contribution in [1.82, 2.24) is 10.4 Å². The van der Waals surface area contributed by atoms with Crippen LogP contribution in [0, 0.1) is 6.92 Å². The van der Waals surface area contributed by atoms with Gasteiger partial charge in [-0.15, -0.1) is 0 Å². The van der Waals surface area contributed by atoms with E-state index < -0.39 is 0 Å². The lowest BCUT2D eigenvalue weighted by atomic mass is 10.0. The van der Waals surface area contributed by atoms with Crippen LogP contribution in [0.4, 0.5) is 0 Å². The van der Waals surface area contributed by atoms with Gasteiger partial charge in [-0.05, 0) is 31.2 Å². The lowest BCUT2D eigenvalue weighted by Crippen LogP contribution is -2.18. The number of rotatable bonds is 4. The van der Waals surface area contributed by atoms with Crippen LogP contribution in [0.1, 0.15) is 21.5 Å². The number of hydrogen-bond donors (Lipinski definition) is 1. The molecule has 1 amide bonds. The Balaban J connectivity index is 1.67. The molecule has 6 heteroatoms. The number of carbonyl (C=O) groups excluding carboxylic acids is 1. The number of nitrogens with zero attached hydrogens (tertiary/aromatic N) is 2. The number of hydrogen-bond acceptors (Lipinski definition) is 3. The Morgan fingerprint density at radius 3 is 2.53 bits per heavy atom. The molecule has 4 rings (SSSR count). The monoisotopic (exact) mass is 433 g/mol. The Morgan fingerprint density at radius 2 is 1.77 bits per heavy atom. The summed E-state index contributed by atoms with van der Waals surface area (Å²) in [4.78, 5) is 17.6. The van der Waals surface area contributed by atoms with E-state index in [2.05, 4.69) is 10.5 Å². The summed E-state index contributed by atoms with van der Waals surface area (Å²) in [5.41, 5.74) is 7.30. The first-order valence-electron chi connectivity index (χ1n) is 9.26. The van der Waals surface area contributed by atoms with Crippen LogP contribution in [-0.4, -0.2) is 17.1 Å². The number of fused-ring (bicyclic) bond motifs is 1. The molecular formula is C24H17Cl2N3O. The van der Waals surface area contributed by atoms with Crippen molar-refractivity contribution < 1.29 is 4.79 Å². The van der Waals surface area contributed by atoms with E-state index in [9.17, 15) is 4.79 Å². The zero-order valence-corrected chi connectivity index (χ0v) is 17.6. The van der Waals surface area contributed by atoms with E-state index in [1.807, 2.05) is 55.5 Å². The Kier molecular flexibility index (Phi) is 5.79. The van der Waals surface area contributed by atoms with E-state index >= 15 is 0 Å². The number of aromatic nitrogens is 1. The van der Waals surface area contributed by atoms with Gasteiger partial charge in [-0.3, -0.25) is 4.79 Å². The summed E-state index contributed by atoms with van der Waals surface area (Å²) in [5, 5.41) is 5.80. The van der Waals surface area contributed by atoms with E-state index in [1.165, 1.54) is 6.21 Å². The standard InChI is InChI=1S/C24H17Cl2N3O/c1-15-6-8-16(9-7-15)23-13-20(19-4-2-3-5-22(19)28-23)24(30)29-27-14-17-10-11-18(25)12-21(17)26/h2-14H,1H3,(H,29,30)/b27-14-. The fraction of sp³-hybridized carbons (Fsp3) is 0.0417. The fourth-order valence-electron chi connectivity index (χ4n) is 3.06. The number of para-hydroxylation sites is 1. The van der Waals surface area contributed by atoms with Crippen LogP contribution in [0.25, 0.3) is 22.2 Å². The average Bonchev–Trinajstić information content (AvgIpc) is 2.75. The fourth-order valence-corrected chi connectivity index (χ4v) is 3.52. The molecule has 0 saturated heterocycles. The third kappa shape index (κ3) is 4.35. The predicted molar refractivity (Wildman–Crippen MR) is 123 cm³/mol. The lowest BCUT2D eigenvalue weighted by Gasteiger charge is -2.09. The molecule has 0 atom stereocenters. The summed E-state index contributed by atoms with van der Waals surface area (Å²) in [5.74, 6) is -0.330. The van der Waals surface area contributed by atoms with Crippen molar-refractivity contribution >= 4 is 46.2 Å². The molecule has 148 valence electrons. The van der Waals surface area contributed by atoms with Crippen molar-refractivity contribution in [2.24, 2.45) is 5.10 Å². The predicted octanol–water partition coefficient (Wildman–Crippen LogP) is 6.28. The number of benzene rings is 3. The molecule has 3 aromatic carbocycles. The summed E-state index contributed by atoms with van der Waals surface area (Å²) in [7, 11) is 0. The van der Waals surface area contributed by atoms with Gasteiger partial charge >= 0.3 is 0 Å². The molecule has 30 heavy (non-hydrogen) atoms. The third-order valence-corrected chi connectivity index (χ3v) is 5.20.